The average Bonchev–Trinajstić information content (AvgIpc) is 3.46. The quantitative estimate of drug-likeness (QED) is 0.182. The van der Waals surface area contributed by atoms with Crippen LogP contribution in [0.15, 0.2) is 59.1 Å². The lowest BCUT2D eigenvalue weighted by Crippen LogP contribution is -2.22. The third-order valence-corrected chi connectivity index (χ3v) is 7.57. The summed E-state index contributed by atoms with van der Waals surface area (Å²) in [6.07, 6.45) is -3.53. The van der Waals surface area contributed by atoms with Crippen molar-refractivity contribution in [1.29, 1.82) is 0 Å². The summed E-state index contributed by atoms with van der Waals surface area (Å²) in [5.74, 6) is -7.56. The number of amides is 3. The highest BCUT2D eigenvalue weighted by Gasteiger charge is 2.67. The third kappa shape index (κ3) is 6.16. The molecule has 0 saturated heterocycles. The molecule has 0 aliphatic heterocycles. The van der Waals surface area contributed by atoms with Crippen LogP contribution in [0.2, 0.25) is 5.02 Å². The summed E-state index contributed by atoms with van der Waals surface area (Å²) in [6, 6.07) is 12.6. The van der Waals surface area contributed by atoms with Crippen molar-refractivity contribution in [2.75, 3.05) is 16.0 Å². The molecular formula is C25H15BrCl3F4N3O3. The number of alkyl halides is 4. The highest BCUT2D eigenvalue weighted by molar-refractivity contribution is 9.10. The van der Waals surface area contributed by atoms with Gasteiger partial charge in [-0.1, -0.05) is 39.7 Å². The van der Waals surface area contributed by atoms with E-state index in [0.29, 0.717) is 6.07 Å². The first kappa shape index (κ1) is 29.1. The second kappa shape index (κ2) is 11.3. The SMILES string of the molecule is O=C(Nc1ccc(F)c(NC(=O)C(F)F)c1F)c1cc(NC(=O)[C@H]2[C@H](c3cccc(Br)c3)C2(Cl)Cl)ccc1Cl. The Kier molecular flexibility index (Phi) is 8.46. The summed E-state index contributed by atoms with van der Waals surface area (Å²) in [5.41, 5.74) is -1.11. The summed E-state index contributed by atoms with van der Waals surface area (Å²) in [7, 11) is 0. The van der Waals surface area contributed by atoms with Gasteiger partial charge in [0.1, 0.15) is 15.8 Å². The Labute approximate surface area is 242 Å². The smallest absolute Gasteiger partial charge is 0.315 e. The van der Waals surface area contributed by atoms with Crippen LogP contribution in [0.3, 0.4) is 0 Å². The van der Waals surface area contributed by atoms with Crippen molar-refractivity contribution < 1.29 is 31.9 Å². The topological polar surface area (TPSA) is 87.3 Å². The Balaban J connectivity index is 1.51. The molecule has 0 bridgehead atoms. The van der Waals surface area contributed by atoms with Gasteiger partial charge in [0.15, 0.2) is 5.82 Å². The first-order valence-corrected chi connectivity index (χ1v) is 12.9. The van der Waals surface area contributed by atoms with Crippen LogP contribution in [0.4, 0.5) is 34.6 Å². The van der Waals surface area contributed by atoms with E-state index in [9.17, 15) is 31.9 Å². The molecule has 0 aromatic heterocycles. The second-order valence-electron chi connectivity index (χ2n) is 8.40. The molecule has 1 saturated carbocycles. The van der Waals surface area contributed by atoms with Crippen molar-refractivity contribution >= 4 is 85.5 Å². The Morgan fingerprint density at radius 2 is 1.67 bits per heavy atom. The van der Waals surface area contributed by atoms with Crippen LogP contribution in [0.5, 0.6) is 0 Å². The fraction of sp³-hybridized carbons (Fsp3) is 0.160. The van der Waals surface area contributed by atoms with Gasteiger partial charge in [-0.15, -0.1) is 23.2 Å². The van der Waals surface area contributed by atoms with E-state index < -0.39 is 63.3 Å². The van der Waals surface area contributed by atoms with Gasteiger partial charge >= 0.3 is 6.43 Å². The standard InChI is InChI=1S/C25H15BrCl3F4N3O3/c26-11-3-1-2-10(8-11)17-18(25(17,28)29)23(38)34-12-4-5-14(27)13(9-12)22(37)35-16-7-6-15(30)20(19(16)31)36-24(39)21(32)33/h1-9,17-18,21H,(H,34,38)(H,35,37)(H,36,39)/t17-,18+/m0/s1. The lowest BCUT2D eigenvalue weighted by Gasteiger charge is -2.13. The molecule has 39 heavy (non-hydrogen) atoms. The molecule has 3 aromatic carbocycles. The molecule has 1 fully saturated rings. The summed E-state index contributed by atoms with van der Waals surface area (Å²) in [5, 5.41) is 6.10. The molecule has 204 valence electrons. The van der Waals surface area contributed by atoms with Crippen LogP contribution in [0.25, 0.3) is 0 Å². The third-order valence-electron chi connectivity index (χ3n) is 5.81. The minimum absolute atomic E-state index is 0.0817. The zero-order chi connectivity index (χ0) is 28.6. The fourth-order valence-corrected chi connectivity index (χ4v) is 5.34. The first-order chi connectivity index (χ1) is 18.3. The van der Waals surface area contributed by atoms with Gasteiger partial charge in [-0.3, -0.25) is 14.4 Å². The molecule has 3 aromatic rings. The predicted molar refractivity (Wildman–Crippen MR) is 144 cm³/mol. The molecule has 0 unspecified atom stereocenters. The molecule has 0 spiro atoms. The Morgan fingerprint density at radius 1 is 0.949 bits per heavy atom. The molecular weight excluding hydrogens is 653 g/mol. The number of carbonyl (C=O) groups excluding carboxylic acids is 3. The summed E-state index contributed by atoms with van der Waals surface area (Å²) in [6.45, 7) is 0. The maximum Gasteiger partial charge on any atom is 0.315 e. The van der Waals surface area contributed by atoms with Gasteiger partial charge < -0.3 is 16.0 Å². The minimum atomic E-state index is -3.53. The average molecular weight is 668 g/mol. The number of nitrogens with one attached hydrogen (secondary N) is 3. The van der Waals surface area contributed by atoms with Crippen LogP contribution >= 0.6 is 50.7 Å². The molecule has 1 aliphatic carbocycles. The van der Waals surface area contributed by atoms with Gasteiger partial charge in [-0.25, -0.2) is 8.78 Å². The highest BCUT2D eigenvalue weighted by atomic mass is 79.9. The van der Waals surface area contributed by atoms with Crippen molar-refractivity contribution in [2.45, 2.75) is 16.7 Å². The molecule has 2 atom stereocenters. The van der Waals surface area contributed by atoms with Crippen LogP contribution in [-0.2, 0) is 9.59 Å². The van der Waals surface area contributed by atoms with Gasteiger partial charge in [0.05, 0.1) is 22.2 Å². The highest BCUT2D eigenvalue weighted by Crippen LogP contribution is 2.65. The minimum Gasteiger partial charge on any atom is -0.326 e. The van der Waals surface area contributed by atoms with Gasteiger partial charge in [0, 0.05) is 16.1 Å². The van der Waals surface area contributed by atoms with Crippen molar-refractivity contribution in [2.24, 2.45) is 5.92 Å². The predicted octanol–water partition coefficient (Wildman–Crippen LogP) is 7.36. The lowest BCUT2D eigenvalue weighted by molar-refractivity contribution is -0.126. The molecule has 0 heterocycles. The normalized spacial score (nSPS) is 17.5. The zero-order valence-electron chi connectivity index (χ0n) is 19.2. The zero-order valence-corrected chi connectivity index (χ0v) is 23.0. The number of halogens is 8. The van der Waals surface area contributed by atoms with Crippen molar-refractivity contribution in [1.82, 2.24) is 0 Å². The molecule has 0 radical (unpaired) electrons. The van der Waals surface area contributed by atoms with E-state index in [0.717, 1.165) is 16.1 Å². The fourth-order valence-electron chi connectivity index (χ4n) is 3.90. The number of carbonyl (C=O) groups is 3. The van der Waals surface area contributed by atoms with Gasteiger partial charge in [0.2, 0.25) is 5.91 Å². The van der Waals surface area contributed by atoms with Crippen LogP contribution in [0.1, 0.15) is 21.8 Å². The van der Waals surface area contributed by atoms with Crippen molar-refractivity contribution in [3.05, 3.63) is 86.9 Å². The molecule has 14 heteroatoms. The van der Waals surface area contributed by atoms with Crippen LogP contribution in [0, 0.1) is 17.6 Å². The molecule has 6 nitrogen and oxygen atoms in total. The molecule has 4 rings (SSSR count). The maximum atomic E-state index is 14.7. The number of benzene rings is 3. The monoisotopic (exact) mass is 665 g/mol. The largest absolute Gasteiger partial charge is 0.326 e. The summed E-state index contributed by atoms with van der Waals surface area (Å²) in [4.78, 5) is 37.0. The van der Waals surface area contributed by atoms with Gasteiger partial charge in [0.25, 0.3) is 11.8 Å². The number of hydrogen-bond acceptors (Lipinski definition) is 3. The number of rotatable bonds is 7. The van der Waals surface area contributed by atoms with E-state index in [2.05, 4.69) is 26.6 Å². The molecule has 1 aliphatic rings. The van der Waals surface area contributed by atoms with E-state index >= 15 is 0 Å². The number of anilines is 3. The molecule has 3 N–H and O–H groups in total. The van der Waals surface area contributed by atoms with E-state index in [1.54, 1.807) is 18.2 Å². The lowest BCUT2D eigenvalue weighted by atomic mass is 10.1. The van der Waals surface area contributed by atoms with Crippen LogP contribution in [-0.4, -0.2) is 28.5 Å². The Bertz CT molecular complexity index is 1490. The Hall–Kier alpha value is -2.86. The van der Waals surface area contributed by atoms with E-state index in [4.69, 9.17) is 34.8 Å². The van der Waals surface area contributed by atoms with E-state index in [1.165, 1.54) is 23.5 Å². The van der Waals surface area contributed by atoms with Gasteiger partial charge in [-0.05, 0) is 48.0 Å². The van der Waals surface area contributed by atoms with Crippen molar-refractivity contribution in [3.63, 3.8) is 0 Å². The summed E-state index contributed by atoms with van der Waals surface area (Å²) < 4.78 is 53.1. The van der Waals surface area contributed by atoms with E-state index in [-0.39, 0.29) is 16.3 Å². The Morgan fingerprint density at radius 3 is 2.33 bits per heavy atom. The first-order valence-electron chi connectivity index (χ1n) is 10.9. The number of hydrogen-bond donors (Lipinski definition) is 3. The second-order valence-corrected chi connectivity index (χ2v) is 11.2. The maximum absolute atomic E-state index is 14.7. The summed E-state index contributed by atoms with van der Waals surface area (Å²) >= 11 is 22.2. The van der Waals surface area contributed by atoms with Crippen LogP contribution < -0.4 is 16.0 Å². The van der Waals surface area contributed by atoms with E-state index in [1.807, 2.05) is 6.07 Å². The van der Waals surface area contributed by atoms with Gasteiger partial charge in [-0.2, -0.15) is 8.78 Å². The van der Waals surface area contributed by atoms with Crippen molar-refractivity contribution in [3.8, 4) is 0 Å². The molecule has 3 amide bonds.